The summed E-state index contributed by atoms with van der Waals surface area (Å²) >= 11 is 2.00. The Kier molecular flexibility index (Phi) is 4.71. The Labute approximate surface area is 145 Å². The van der Waals surface area contributed by atoms with Gasteiger partial charge in [0.1, 0.15) is 11.6 Å². The van der Waals surface area contributed by atoms with Gasteiger partial charge in [0.15, 0.2) is 20.8 Å². The monoisotopic (exact) mass is 427 g/mol. The molecule has 0 radical (unpaired) electrons. The molecular weight excluding hydrogens is 412 g/mol. The van der Waals surface area contributed by atoms with Crippen LogP contribution in [0.15, 0.2) is 24.3 Å². The summed E-state index contributed by atoms with van der Waals surface area (Å²) in [6, 6.07) is 6.25. The molecule has 2 heterocycles. The molecule has 0 saturated heterocycles. The van der Waals surface area contributed by atoms with E-state index >= 15 is 0 Å². The van der Waals surface area contributed by atoms with Crippen molar-refractivity contribution in [1.29, 1.82) is 0 Å². The fourth-order valence-corrected chi connectivity index (χ4v) is 2.92. The summed E-state index contributed by atoms with van der Waals surface area (Å²) in [7, 11) is 0. The molecule has 0 aliphatic heterocycles. The maximum atomic E-state index is 13.6. The van der Waals surface area contributed by atoms with Gasteiger partial charge in [-0.15, -0.1) is 0 Å². The average molecular weight is 427 g/mol. The first kappa shape index (κ1) is 16.1. The van der Waals surface area contributed by atoms with Crippen LogP contribution in [0.2, 0.25) is 0 Å². The lowest BCUT2D eigenvalue weighted by atomic mass is 10.2. The van der Waals surface area contributed by atoms with Crippen molar-refractivity contribution in [3.63, 3.8) is 0 Å². The van der Waals surface area contributed by atoms with E-state index in [2.05, 4.69) is 15.0 Å². The number of unbranched alkanes of at least 4 members (excludes halogenated alkanes) is 1. The quantitative estimate of drug-likeness (QED) is 0.371. The highest BCUT2D eigenvalue weighted by Crippen LogP contribution is 2.27. The van der Waals surface area contributed by atoms with E-state index in [0.717, 1.165) is 6.42 Å². The third-order valence-corrected chi connectivity index (χ3v) is 3.95. The third kappa shape index (κ3) is 3.27. The molecule has 0 spiro atoms. The molecule has 0 atom stereocenters. The van der Waals surface area contributed by atoms with E-state index in [1.54, 1.807) is 12.1 Å². The topological polar surface area (TPSA) is 89.9 Å². The number of nitrogens with zero attached hydrogens (tertiary/aromatic N) is 4. The fourth-order valence-electron chi connectivity index (χ4n) is 2.44. The highest BCUT2D eigenvalue weighted by Gasteiger charge is 2.17. The summed E-state index contributed by atoms with van der Waals surface area (Å²) in [4.78, 5) is 13.1. The first-order chi connectivity index (χ1) is 11.1. The zero-order chi connectivity index (χ0) is 16.4. The molecule has 0 saturated carbocycles. The molecule has 0 aliphatic carbocycles. The molecule has 3 aromatic rings. The first-order valence-corrected chi connectivity index (χ1v) is 8.24. The zero-order valence-electron chi connectivity index (χ0n) is 12.2. The van der Waals surface area contributed by atoms with Crippen LogP contribution in [0.25, 0.3) is 22.6 Å². The van der Waals surface area contributed by atoms with Crippen LogP contribution in [-0.4, -0.2) is 31.2 Å². The molecule has 120 valence electrons. The molecular formula is C15H15FIN5O. The van der Waals surface area contributed by atoms with E-state index in [1.165, 1.54) is 12.1 Å². The van der Waals surface area contributed by atoms with Gasteiger partial charge in [-0.2, -0.15) is 0 Å². The van der Waals surface area contributed by atoms with Crippen LogP contribution in [0.1, 0.15) is 12.8 Å². The first-order valence-electron chi connectivity index (χ1n) is 7.16. The lowest BCUT2D eigenvalue weighted by molar-refractivity contribution is 0.281. The van der Waals surface area contributed by atoms with E-state index in [9.17, 15) is 4.39 Å². The number of aromatic nitrogens is 4. The highest BCUT2D eigenvalue weighted by molar-refractivity contribution is 14.1. The summed E-state index contributed by atoms with van der Waals surface area (Å²) in [6.45, 7) is 0.728. The Hall–Kier alpha value is -1.81. The standard InChI is InChI=1S/C15H15FIN5O/c16-10-5-3-4-9(8-10)13-19-11-12(18)20-15(17)21-14(11)22(13)6-1-2-7-23/h3-5,8,23H,1-2,6-7H2,(H2,18,20,21). The number of hydrogen-bond donors (Lipinski definition) is 2. The van der Waals surface area contributed by atoms with E-state index in [-0.39, 0.29) is 12.4 Å². The highest BCUT2D eigenvalue weighted by atomic mass is 127. The van der Waals surface area contributed by atoms with Gasteiger partial charge in [0.2, 0.25) is 0 Å². The molecule has 23 heavy (non-hydrogen) atoms. The van der Waals surface area contributed by atoms with Gasteiger partial charge in [-0.3, -0.25) is 0 Å². The van der Waals surface area contributed by atoms with Crippen molar-refractivity contribution in [1.82, 2.24) is 19.5 Å². The molecule has 2 aromatic heterocycles. The summed E-state index contributed by atoms with van der Waals surface area (Å²) < 4.78 is 16.0. The van der Waals surface area contributed by atoms with Crippen LogP contribution in [0.3, 0.4) is 0 Å². The summed E-state index contributed by atoms with van der Waals surface area (Å²) in [5.41, 5.74) is 7.74. The van der Waals surface area contributed by atoms with Crippen LogP contribution in [0, 0.1) is 9.65 Å². The number of nitrogens with two attached hydrogens (primary N) is 1. The molecule has 6 nitrogen and oxygen atoms in total. The predicted octanol–water partition coefficient (Wildman–Crippen LogP) is 2.59. The Morgan fingerprint density at radius 1 is 1.22 bits per heavy atom. The van der Waals surface area contributed by atoms with Crippen molar-refractivity contribution in [3.05, 3.63) is 33.9 Å². The molecule has 0 unspecified atom stereocenters. The number of aryl methyl sites for hydroxylation is 1. The van der Waals surface area contributed by atoms with E-state index in [4.69, 9.17) is 10.8 Å². The van der Waals surface area contributed by atoms with Gasteiger partial charge in [-0.1, -0.05) is 12.1 Å². The minimum absolute atomic E-state index is 0.122. The number of rotatable bonds is 5. The van der Waals surface area contributed by atoms with Crippen molar-refractivity contribution in [2.45, 2.75) is 19.4 Å². The molecule has 3 rings (SSSR count). The second kappa shape index (κ2) is 6.75. The number of aliphatic hydroxyl groups excluding tert-OH is 1. The Morgan fingerprint density at radius 2 is 2.04 bits per heavy atom. The molecule has 0 aliphatic rings. The number of halogens is 2. The third-order valence-electron chi connectivity index (χ3n) is 3.47. The largest absolute Gasteiger partial charge is 0.396 e. The minimum atomic E-state index is -0.329. The van der Waals surface area contributed by atoms with Crippen molar-refractivity contribution < 1.29 is 9.50 Å². The van der Waals surface area contributed by atoms with Gasteiger partial charge < -0.3 is 15.4 Å². The number of nitrogen functional groups attached to an aromatic ring is 1. The van der Waals surface area contributed by atoms with Crippen molar-refractivity contribution in [3.8, 4) is 11.4 Å². The number of fused-ring (bicyclic) bond motifs is 1. The van der Waals surface area contributed by atoms with Crippen LogP contribution < -0.4 is 5.73 Å². The van der Waals surface area contributed by atoms with E-state index in [1.807, 2.05) is 27.2 Å². The van der Waals surface area contributed by atoms with E-state index < -0.39 is 0 Å². The second-order valence-electron chi connectivity index (χ2n) is 5.08. The van der Waals surface area contributed by atoms with Gasteiger partial charge in [0.05, 0.1) is 0 Å². The molecule has 1 aromatic carbocycles. The van der Waals surface area contributed by atoms with Crippen molar-refractivity contribution in [2.75, 3.05) is 12.3 Å². The number of imidazole rings is 1. The molecule has 0 bridgehead atoms. The smallest absolute Gasteiger partial charge is 0.194 e. The Bertz CT molecular complexity index is 851. The van der Waals surface area contributed by atoms with Crippen molar-refractivity contribution >= 4 is 39.6 Å². The molecule has 3 N–H and O–H groups in total. The predicted molar refractivity (Wildman–Crippen MR) is 94.2 cm³/mol. The molecule has 0 amide bonds. The number of anilines is 1. The summed E-state index contributed by atoms with van der Waals surface area (Å²) in [5.74, 6) is 0.573. The molecule has 0 fully saturated rings. The van der Waals surface area contributed by atoms with Crippen molar-refractivity contribution in [2.24, 2.45) is 0 Å². The van der Waals surface area contributed by atoms with Gasteiger partial charge in [-0.25, -0.2) is 19.3 Å². The number of hydrogen-bond acceptors (Lipinski definition) is 5. The number of benzene rings is 1. The summed E-state index contributed by atoms with van der Waals surface area (Å²) in [5, 5.41) is 9.00. The van der Waals surface area contributed by atoms with Crippen LogP contribution in [-0.2, 0) is 6.54 Å². The van der Waals surface area contributed by atoms with E-state index in [0.29, 0.717) is 45.2 Å². The maximum Gasteiger partial charge on any atom is 0.194 e. The fraction of sp³-hybridized carbons (Fsp3) is 0.267. The second-order valence-corrected chi connectivity index (χ2v) is 6.04. The van der Waals surface area contributed by atoms with Crippen LogP contribution in [0.4, 0.5) is 10.2 Å². The lowest BCUT2D eigenvalue weighted by Gasteiger charge is -2.08. The average Bonchev–Trinajstić information content (AvgIpc) is 2.87. The SMILES string of the molecule is Nc1nc(I)nc2c1nc(-c1cccc(F)c1)n2CCCCO. The van der Waals surface area contributed by atoms with Gasteiger partial charge in [0.25, 0.3) is 0 Å². The minimum Gasteiger partial charge on any atom is -0.396 e. The number of aliphatic hydroxyl groups is 1. The normalized spacial score (nSPS) is 11.3. The Balaban J connectivity index is 2.19. The van der Waals surface area contributed by atoms with Gasteiger partial charge >= 0.3 is 0 Å². The van der Waals surface area contributed by atoms with Gasteiger partial charge in [0, 0.05) is 41.3 Å². The van der Waals surface area contributed by atoms with Crippen LogP contribution in [0.5, 0.6) is 0 Å². The zero-order valence-corrected chi connectivity index (χ0v) is 14.4. The van der Waals surface area contributed by atoms with Gasteiger partial charge in [-0.05, 0) is 25.0 Å². The summed E-state index contributed by atoms with van der Waals surface area (Å²) in [6.07, 6.45) is 1.42. The maximum absolute atomic E-state index is 13.6. The lowest BCUT2D eigenvalue weighted by Crippen LogP contribution is -2.04. The van der Waals surface area contributed by atoms with Crippen LogP contribution >= 0.6 is 22.6 Å². The molecule has 8 heteroatoms. The Morgan fingerprint density at radius 3 is 2.78 bits per heavy atom.